The van der Waals surface area contributed by atoms with Crippen LogP contribution in [0.25, 0.3) is 0 Å². The second-order valence-corrected chi connectivity index (χ2v) is 6.52. The van der Waals surface area contributed by atoms with Gasteiger partial charge in [-0.1, -0.05) is 6.07 Å². The molecular formula is C16H21N3O4S. The van der Waals surface area contributed by atoms with E-state index in [-0.39, 0.29) is 6.03 Å². The zero-order valence-electron chi connectivity index (χ0n) is 13.7. The Kier molecular flexibility index (Phi) is 6.08. The zero-order chi connectivity index (χ0) is 17.7. The lowest BCUT2D eigenvalue weighted by atomic mass is 10.1. The fourth-order valence-corrected chi connectivity index (χ4v) is 2.95. The van der Waals surface area contributed by atoms with Crippen LogP contribution in [0.3, 0.4) is 0 Å². The standard InChI is InChI=1S/C16H21N3O4S/c1-10-3-4-11(9-13(10)19-7-6-17-16(19)23)14(20)18-12(15(21)22)5-8-24-2/h3-4,9,12H,5-8H2,1-2H3,(H,17,23)(H,18,20)(H,21,22). The number of hydrogen-bond acceptors (Lipinski definition) is 4. The van der Waals surface area contributed by atoms with Crippen LogP contribution in [0, 0.1) is 6.92 Å². The second-order valence-electron chi connectivity index (χ2n) is 5.53. The minimum absolute atomic E-state index is 0.195. The molecule has 1 aliphatic heterocycles. The molecule has 8 heteroatoms. The summed E-state index contributed by atoms with van der Waals surface area (Å²) in [7, 11) is 0. The van der Waals surface area contributed by atoms with Crippen LogP contribution in [0.2, 0.25) is 0 Å². The molecule has 1 saturated heterocycles. The lowest BCUT2D eigenvalue weighted by Gasteiger charge is -2.19. The molecule has 0 aromatic heterocycles. The van der Waals surface area contributed by atoms with E-state index in [0.717, 1.165) is 5.56 Å². The Hall–Kier alpha value is -2.22. The quantitative estimate of drug-likeness (QED) is 0.691. The molecule has 2 rings (SSSR count). The molecule has 0 bridgehead atoms. The smallest absolute Gasteiger partial charge is 0.326 e. The van der Waals surface area contributed by atoms with Crippen molar-refractivity contribution in [2.45, 2.75) is 19.4 Å². The number of anilines is 1. The number of aliphatic carboxylic acids is 1. The zero-order valence-corrected chi connectivity index (χ0v) is 14.5. The van der Waals surface area contributed by atoms with Gasteiger partial charge >= 0.3 is 12.0 Å². The third-order valence-electron chi connectivity index (χ3n) is 3.83. The molecule has 1 fully saturated rings. The van der Waals surface area contributed by atoms with E-state index in [1.54, 1.807) is 23.1 Å². The first kappa shape index (κ1) is 18.1. The average Bonchev–Trinajstić information content (AvgIpc) is 2.97. The number of amides is 3. The number of thioether (sulfide) groups is 1. The predicted octanol–water partition coefficient (Wildman–Crippen LogP) is 1.46. The van der Waals surface area contributed by atoms with E-state index in [1.165, 1.54) is 11.8 Å². The fourth-order valence-electron chi connectivity index (χ4n) is 2.48. The number of hydrogen-bond donors (Lipinski definition) is 3. The second kappa shape index (κ2) is 8.05. The third-order valence-corrected chi connectivity index (χ3v) is 4.48. The molecule has 1 unspecified atom stereocenters. The van der Waals surface area contributed by atoms with Gasteiger partial charge in [-0.3, -0.25) is 9.69 Å². The first-order valence-corrected chi connectivity index (χ1v) is 9.02. The summed E-state index contributed by atoms with van der Waals surface area (Å²) in [4.78, 5) is 37.0. The van der Waals surface area contributed by atoms with E-state index in [4.69, 9.17) is 0 Å². The number of benzene rings is 1. The summed E-state index contributed by atoms with van der Waals surface area (Å²) in [5.74, 6) is -0.863. The van der Waals surface area contributed by atoms with Crippen molar-refractivity contribution < 1.29 is 19.5 Å². The molecule has 0 aliphatic carbocycles. The Morgan fingerprint density at radius 2 is 2.21 bits per heavy atom. The molecule has 1 aromatic carbocycles. The van der Waals surface area contributed by atoms with Gasteiger partial charge < -0.3 is 15.7 Å². The molecule has 24 heavy (non-hydrogen) atoms. The molecule has 1 aromatic rings. The summed E-state index contributed by atoms with van der Waals surface area (Å²) in [6.07, 6.45) is 2.24. The van der Waals surface area contributed by atoms with Gasteiger partial charge in [-0.2, -0.15) is 11.8 Å². The van der Waals surface area contributed by atoms with Crippen molar-refractivity contribution in [3.8, 4) is 0 Å². The fraction of sp³-hybridized carbons (Fsp3) is 0.438. The summed E-state index contributed by atoms with van der Waals surface area (Å²) in [5.41, 5.74) is 1.88. The highest BCUT2D eigenvalue weighted by atomic mass is 32.2. The number of nitrogens with one attached hydrogen (secondary N) is 2. The van der Waals surface area contributed by atoms with Gasteiger partial charge in [-0.15, -0.1) is 0 Å². The monoisotopic (exact) mass is 351 g/mol. The van der Waals surface area contributed by atoms with Crippen molar-refractivity contribution in [3.63, 3.8) is 0 Å². The first-order chi connectivity index (χ1) is 11.4. The molecule has 7 nitrogen and oxygen atoms in total. The number of urea groups is 1. The van der Waals surface area contributed by atoms with Gasteiger partial charge in [0.1, 0.15) is 6.04 Å². The van der Waals surface area contributed by atoms with Gasteiger partial charge in [0.2, 0.25) is 0 Å². The molecule has 3 amide bonds. The van der Waals surface area contributed by atoms with Crippen molar-refractivity contribution in [2.75, 3.05) is 30.0 Å². The van der Waals surface area contributed by atoms with Crippen LogP contribution in [0.4, 0.5) is 10.5 Å². The Balaban J connectivity index is 2.17. The summed E-state index contributed by atoms with van der Waals surface area (Å²) in [6, 6.07) is 3.90. The first-order valence-electron chi connectivity index (χ1n) is 7.62. The number of carboxylic acids is 1. The Bertz CT molecular complexity index is 650. The van der Waals surface area contributed by atoms with Crippen LogP contribution in [-0.2, 0) is 4.79 Å². The number of aryl methyl sites for hydroxylation is 1. The molecular weight excluding hydrogens is 330 g/mol. The highest BCUT2D eigenvalue weighted by Gasteiger charge is 2.25. The maximum atomic E-state index is 12.4. The van der Waals surface area contributed by atoms with Crippen LogP contribution < -0.4 is 15.5 Å². The minimum Gasteiger partial charge on any atom is -0.480 e. The van der Waals surface area contributed by atoms with Crippen molar-refractivity contribution in [3.05, 3.63) is 29.3 Å². The molecule has 0 spiro atoms. The summed E-state index contributed by atoms with van der Waals surface area (Å²) in [6.45, 7) is 2.96. The molecule has 130 valence electrons. The van der Waals surface area contributed by atoms with Crippen LogP contribution >= 0.6 is 11.8 Å². The van der Waals surface area contributed by atoms with E-state index < -0.39 is 17.9 Å². The van der Waals surface area contributed by atoms with E-state index in [2.05, 4.69) is 10.6 Å². The minimum atomic E-state index is -1.05. The molecule has 1 aliphatic rings. The van der Waals surface area contributed by atoms with Crippen LogP contribution in [0.5, 0.6) is 0 Å². The summed E-state index contributed by atoms with van der Waals surface area (Å²) >= 11 is 1.53. The van der Waals surface area contributed by atoms with Crippen LogP contribution in [0.1, 0.15) is 22.3 Å². The maximum absolute atomic E-state index is 12.4. The van der Waals surface area contributed by atoms with Crippen molar-refractivity contribution >= 4 is 35.4 Å². The van der Waals surface area contributed by atoms with E-state index >= 15 is 0 Å². The Morgan fingerprint density at radius 3 is 2.79 bits per heavy atom. The van der Waals surface area contributed by atoms with E-state index in [1.807, 2.05) is 13.2 Å². The predicted molar refractivity (Wildman–Crippen MR) is 93.8 cm³/mol. The third kappa shape index (κ3) is 4.19. The number of rotatable bonds is 7. The number of carbonyl (C=O) groups is 3. The van der Waals surface area contributed by atoms with Crippen molar-refractivity contribution in [2.24, 2.45) is 0 Å². The van der Waals surface area contributed by atoms with Crippen molar-refractivity contribution in [1.29, 1.82) is 0 Å². The molecule has 3 N–H and O–H groups in total. The van der Waals surface area contributed by atoms with Gasteiger partial charge in [0.05, 0.1) is 0 Å². The normalized spacial score (nSPS) is 15.1. The van der Waals surface area contributed by atoms with Crippen LogP contribution in [-0.4, -0.2) is 54.2 Å². The highest BCUT2D eigenvalue weighted by Crippen LogP contribution is 2.23. The molecule has 1 atom stereocenters. The van der Waals surface area contributed by atoms with E-state index in [0.29, 0.717) is 36.5 Å². The Morgan fingerprint density at radius 1 is 1.46 bits per heavy atom. The van der Waals surface area contributed by atoms with Gasteiger partial charge in [-0.25, -0.2) is 9.59 Å². The Labute approximate surface area is 144 Å². The number of carboxylic acid groups (broad SMARTS) is 1. The topological polar surface area (TPSA) is 98.7 Å². The van der Waals surface area contributed by atoms with Gasteiger partial charge in [-0.05, 0) is 43.0 Å². The van der Waals surface area contributed by atoms with Crippen molar-refractivity contribution in [1.82, 2.24) is 10.6 Å². The van der Waals surface area contributed by atoms with E-state index in [9.17, 15) is 19.5 Å². The highest BCUT2D eigenvalue weighted by molar-refractivity contribution is 7.98. The number of nitrogens with zero attached hydrogens (tertiary/aromatic N) is 1. The molecule has 0 saturated carbocycles. The lowest BCUT2D eigenvalue weighted by Crippen LogP contribution is -2.41. The average molecular weight is 351 g/mol. The summed E-state index contributed by atoms with van der Waals surface area (Å²) < 4.78 is 0. The van der Waals surface area contributed by atoms with Gasteiger partial charge in [0.25, 0.3) is 5.91 Å². The maximum Gasteiger partial charge on any atom is 0.326 e. The number of carbonyl (C=O) groups excluding carboxylic acids is 2. The molecule has 1 heterocycles. The summed E-state index contributed by atoms with van der Waals surface area (Å²) in [5, 5.41) is 14.5. The van der Waals surface area contributed by atoms with Gasteiger partial charge in [0, 0.05) is 24.3 Å². The SMILES string of the molecule is CSCCC(NC(=O)c1ccc(C)c(N2CCNC2=O)c1)C(=O)O. The van der Waals surface area contributed by atoms with Gasteiger partial charge in [0.15, 0.2) is 0 Å². The molecule has 0 radical (unpaired) electrons. The van der Waals surface area contributed by atoms with Crippen LogP contribution in [0.15, 0.2) is 18.2 Å². The lowest BCUT2D eigenvalue weighted by molar-refractivity contribution is -0.139. The largest absolute Gasteiger partial charge is 0.480 e.